The molecule has 0 aliphatic rings. The summed E-state index contributed by atoms with van der Waals surface area (Å²) in [7, 11) is 1.65. The number of thiazole rings is 1. The summed E-state index contributed by atoms with van der Waals surface area (Å²) in [4.78, 5) is 41.6. The van der Waals surface area contributed by atoms with E-state index in [1.165, 1.54) is 28.6 Å². The van der Waals surface area contributed by atoms with Crippen molar-refractivity contribution in [3.63, 3.8) is 0 Å². The van der Waals surface area contributed by atoms with Crippen molar-refractivity contribution in [1.82, 2.24) is 20.5 Å². The maximum atomic E-state index is 12.2. The number of hydrogen-bond acceptors (Lipinski definition) is 6. The van der Waals surface area contributed by atoms with Gasteiger partial charge in [0.1, 0.15) is 5.01 Å². The molecule has 3 rings (SSSR count). The van der Waals surface area contributed by atoms with E-state index < -0.39 is 11.8 Å². The molecule has 0 atom stereocenters. The van der Waals surface area contributed by atoms with Crippen LogP contribution in [0.4, 0.5) is 0 Å². The fourth-order valence-corrected chi connectivity index (χ4v) is 3.33. The summed E-state index contributed by atoms with van der Waals surface area (Å²) in [6, 6.07) is 10.8. The molecule has 0 saturated carbocycles. The number of hydrogen-bond donors (Lipinski definition) is 2. The average Bonchev–Trinajstić information content (AvgIpc) is 3.33. The zero-order valence-electron chi connectivity index (χ0n) is 14.6. The van der Waals surface area contributed by atoms with E-state index in [0.29, 0.717) is 6.54 Å². The Morgan fingerprint density at radius 1 is 1.11 bits per heavy atom. The minimum atomic E-state index is -0.491. The molecule has 9 heteroatoms. The minimum absolute atomic E-state index is 0.120. The number of nitrogens with zero attached hydrogens (tertiary/aromatic N) is 2. The molecule has 140 valence electrons. The molecule has 1 aromatic carbocycles. The van der Waals surface area contributed by atoms with Crippen LogP contribution in [0.25, 0.3) is 10.2 Å². The molecule has 0 radical (unpaired) electrons. The van der Waals surface area contributed by atoms with Crippen LogP contribution in [-0.4, -0.2) is 47.7 Å². The molecule has 3 amide bonds. The number of nitrogens with one attached hydrogen (secondary N) is 2. The van der Waals surface area contributed by atoms with Gasteiger partial charge in [-0.15, -0.1) is 11.3 Å². The molecule has 27 heavy (non-hydrogen) atoms. The standard InChI is InChI=1S/C18H18N4O4S/c1-22(11-16-21-12-5-2-3-7-14(12)27-16)17(24)10-19-15(23)9-20-18(25)13-6-4-8-26-13/h2-8H,9-11H2,1H3,(H,19,23)(H,20,25). The van der Waals surface area contributed by atoms with Gasteiger partial charge in [-0.3, -0.25) is 14.4 Å². The van der Waals surface area contributed by atoms with Gasteiger partial charge in [0.05, 0.1) is 36.1 Å². The largest absolute Gasteiger partial charge is 0.459 e. The molecular formula is C18H18N4O4S. The lowest BCUT2D eigenvalue weighted by Gasteiger charge is -2.16. The van der Waals surface area contributed by atoms with Gasteiger partial charge in [0, 0.05) is 7.05 Å². The fraction of sp³-hybridized carbons (Fsp3) is 0.222. The van der Waals surface area contributed by atoms with E-state index >= 15 is 0 Å². The Bertz CT molecular complexity index is 918. The van der Waals surface area contributed by atoms with Gasteiger partial charge in [0.2, 0.25) is 11.8 Å². The third-order valence-corrected chi connectivity index (χ3v) is 4.75. The van der Waals surface area contributed by atoms with Gasteiger partial charge in [0.25, 0.3) is 5.91 Å². The molecule has 3 aromatic rings. The third kappa shape index (κ3) is 4.91. The highest BCUT2D eigenvalue weighted by Crippen LogP contribution is 2.22. The first kappa shape index (κ1) is 18.6. The number of para-hydroxylation sites is 1. The SMILES string of the molecule is CN(Cc1nc2ccccc2s1)C(=O)CNC(=O)CNC(=O)c1ccco1. The fourth-order valence-electron chi connectivity index (χ4n) is 2.31. The Hall–Kier alpha value is -3.20. The first-order chi connectivity index (χ1) is 13.0. The molecule has 2 N–H and O–H groups in total. The predicted octanol–water partition coefficient (Wildman–Crippen LogP) is 1.39. The normalized spacial score (nSPS) is 10.6. The Balaban J connectivity index is 1.42. The lowest BCUT2D eigenvalue weighted by molar-refractivity contribution is -0.132. The van der Waals surface area contributed by atoms with Crippen LogP contribution >= 0.6 is 11.3 Å². The van der Waals surface area contributed by atoms with Crippen molar-refractivity contribution in [2.75, 3.05) is 20.1 Å². The topological polar surface area (TPSA) is 105 Å². The summed E-state index contributed by atoms with van der Waals surface area (Å²) in [6.45, 7) is -0.0332. The number of carbonyl (C=O) groups is 3. The number of carbonyl (C=O) groups excluding carboxylic acids is 3. The summed E-state index contributed by atoms with van der Waals surface area (Å²) in [5.74, 6) is -1.08. The zero-order chi connectivity index (χ0) is 19.2. The van der Waals surface area contributed by atoms with Gasteiger partial charge < -0.3 is 20.0 Å². The van der Waals surface area contributed by atoms with E-state index in [4.69, 9.17) is 4.42 Å². The minimum Gasteiger partial charge on any atom is -0.459 e. The lowest BCUT2D eigenvalue weighted by atomic mass is 10.3. The first-order valence-electron chi connectivity index (χ1n) is 8.20. The number of furan rings is 1. The molecule has 0 fully saturated rings. The maximum Gasteiger partial charge on any atom is 0.287 e. The molecular weight excluding hydrogens is 368 g/mol. The van der Waals surface area contributed by atoms with E-state index in [1.54, 1.807) is 13.1 Å². The number of aromatic nitrogens is 1. The number of likely N-dealkylation sites (N-methyl/N-ethyl adjacent to an activating group) is 1. The van der Waals surface area contributed by atoms with Crippen LogP contribution in [0.5, 0.6) is 0 Å². The van der Waals surface area contributed by atoms with Gasteiger partial charge in [0.15, 0.2) is 5.76 Å². The van der Waals surface area contributed by atoms with Gasteiger partial charge in [-0.25, -0.2) is 4.98 Å². The zero-order valence-corrected chi connectivity index (χ0v) is 15.4. The molecule has 0 unspecified atom stereocenters. The van der Waals surface area contributed by atoms with Crippen LogP contribution in [0.1, 0.15) is 15.6 Å². The molecule has 8 nitrogen and oxygen atoms in total. The molecule has 0 aliphatic carbocycles. The van der Waals surface area contributed by atoms with Gasteiger partial charge in [-0.1, -0.05) is 12.1 Å². The molecule has 2 heterocycles. The van der Waals surface area contributed by atoms with Gasteiger partial charge >= 0.3 is 0 Å². The first-order valence-corrected chi connectivity index (χ1v) is 9.01. The Morgan fingerprint density at radius 2 is 1.93 bits per heavy atom. The van der Waals surface area contributed by atoms with Gasteiger partial charge in [-0.2, -0.15) is 0 Å². The summed E-state index contributed by atoms with van der Waals surface area (Å²) in [6.07, 6.45) is 1.37. The Labute approximate surface area is 159 Å². The van der Waals surface area contributed by atoms with Crippen molar-refractivity contribution >= 4 is 39.3 Å². The van der Waals surface area contributed by atoms with Crippen LogP contribution in [0.2, 0.25) is 0 Å². The second-order valence-corrected chi connectivity index (χ2v) is 6.88. The second-order valence-electron chi connectivity index (χ2n) is 5.76. The highest BCUT2D eigenvalue weighted by molar-refractivity contribution is 7.18. The Morgan fingerprint density at radius 3 is 2.67 bits per heavy atom. The summed E-state index contributed by atoms with van der Waals surface area (Å²) >= 11 is 1.53. The van der Waals surface area contributed by atoms with E-state index in [2.05, 4.69) is 15.6 Å². The maximum absolute atomic E-state index is 12.2. The van der Waals surface area contributed by atoms with Crippen molar-refractivity contribution in [3.05, 3.63) is 53.4 Å². The molecule has 0 aliphatic heterocycles. The van der Waals surface area contributed by atoms with Crippen LogP contribution in [0.15, 0.2) is 47.1 Å². The number of fused-ring (bicyclic) bond motifs is 1. The smallest absolute Gasteiger partial charge is 0.287 e. The van der Waals surface area contributed by atoms with Crippen molar-refractivity contribution in [2.45, 2.75) is 6.54 Å². The van der Waals surface area contributed by atoms with Gasteiger partial charge in [-0.05, 0) is 24.3 Å². The van der Waals surface area contributed by atoms with E-state index in [1.807, 2.05) is 24.3 Å². The highest BCUT2D eigenvalue weighted by Gasteiger charge is 2.14. The van der Waals surface area contributed by atoms with Crippen LogP contribution in [-0.2, 0) is 16.1 Å². The third-order valence-electron chi connectivity index (χ3n) is 3.73. The number of rotatable bonds is 7. The van der Waals surface area contributed by atoms with Crippen molar-refractivity contribution in [3.8, 4) is 0 Å². The van der Waals surface area contributed by atoms with Crippen LogP contribution in [0, 0.1) is 0 Å². The lowest BCUT2D eigenvalue weighted by Crippen LogP contribution is -2.42. The summed E-state index contributed by atoms with van der Waals surface area (Å²) < 4.78 is 5.99. The van der Waals surface area contributed by atoms with E-state index in [0.717, 1.165) is 15.2 Å². The quantitative estimate of drug-likeness (QED) is 0.639. The molecule has 0 bridgehead atoms. The Kier molecular flexibility index (Phi) is 5.82. The van der Waals surface area contributed by atoms with E-state index in [-0.39, 0.29) is 24.8 Å². The molecule has 0 saturated heterocycles. The van der Waals surface area contributed by atoms with Crippen molar-refractivity contribution < 1.29 is 18.8 Å². The number of amides is 3. The predicted molar refractivity (Wildman–Crippen MR) is 100 cm³/mol. The second kappa shape index (κ2) is 8.45. The summed E-state index contributed by atoms with van der Waals surface area (Å²) in [5.41, 5.74) is 0.902. The van der Waals surface area contributed by atoms with E-state index in [9.17, 15) is 14.4 Å². The highest BCUT2D eigenvalue weighted by atomic mass is 32.1. The molecule has 2 aromatic heterocycles. The van der Waals surface area contributed by atoms with Crippen molar-refractivity contribution in [1.29, 1.82) is 0 Å². The van der Waals surface area contributed by atoms with Crippen LogP contribution < -0.4 is 10.6 Å². The number of benzene rings is 1. The molecule has 0 spiro atoms. The monoisotopic (exact) mass is 386 g/mol. The average molecular weight is 386 g/mol. The summed E-state index contributed by atoms with van der Waals surface area (Å²) in [5, 5.41) is 5.72. The van der Waals surface area contributed by atoms with Crippen molar-refractivity contribution in [2.24, 2.45) is 0 Å². The van der Waals surface area contributed by atoms with Crippen LogP contribution in [0.3, 0.4) is 0 Å².